The monoisotopic (exact) mass is 370 g/mol. The van der Waals surface area contributed by atoms with Crippen LogP contribution in [0.5, 0.6) is 11.5 Å². The van der Waals surface area contributed by atoms with Crippen molar-refractivity contribution >= 4 is 11.4 Å². The van der Waals surface area contributed by atoms with Gasteiger partial charge in [-0.15, -0.1) is 0 Å². The Labute approximate surface area is 163 Å². The van der Waals surface area contributed by atoms with Gasteiger partial charge in [0, 0.05) is 0 Å². The molecule has 0 saturated carbocycles. The Morgan fingerprint density at radius 1 is 0.704 bits per heavy atom. The molecule has 0 spiro atoms. The van der Waals surface area contributed by atoms with Crippen molar-refractivity contribution in [2.75, 3.05) is 11.5 Å². The summed E-state index contributed by atoms with van der Waals surface area (Å²) in [4.78, 5) is 0. The van der Waals surface area contributed by atoms with Crippen molar-refractivity contribution in [1.82, 2.24) is 0 Å². The molecule has 27 heavy (non-hydrogen) atoms. The second-order valence-corrected chi connectivity index (χ2v) is 7.55. The molecule has 0 heterocycles. The van der Waals surface area contributed by atoms with Gasteiger partial charge in [-0.25, -0.2) is 0 Å². The lowest BCUT2D eigenvalue weighted by atomic mass is 9.90. The number of unbranched alkanes of at least 4 members (excludes halogenated alkanes) is 2. The van der Waals surface area contributed by atoms with Crippen molar-refractivity contribution in [2.45, 2.75) is 72.6 Å². The van der Waals surface area contributed by atoms with E-state index in [4.69, 9.17) is 11.5 Å². The minimum Gasteiger partial charge on any atom is -0.505 e. The third kappa shape index (κ3) is 4.49. The lowest BCUT2D eigenvalue weighted by molar-refractivity contribution is 0.469. The van der Waals surface area contributed by atoms with E-state index >= 15 is 0 Å². The molecule has 2 rings (SSSR count). The van der Waals surface area contributed by atoms with Crippen molar-refractivity contribution in [1.29, 1.82) is 0 Å². The largest absolute Gasteiger partial charge is 0.505 e. The minimum absolute atomic E-state index is 0.218. The fraction of sp³-hybridized carbons (Fsp3) is 0.478. The van der Waals surface area contributed by atoms with Crippen LogP contribution in [-0.2, 0) is 19.3 Å². The summed E-state index contributed by atoms with van der Waals surface area (Å²) in [6.07, 6.45) is 6.49. The van der Waals surface area contributed by atoms with E-state index in [9.17, 15) is 10.2 Å². The summed E-state index contributed by atoms with van der Waals surface area (Å²) >= 11 is 0. The number of anilines is 2. The molecule has 0 aliphatic rings. The van der Waals surface area contributed by atoms with Gasteiger partial charge in [-0.1, -0.05) is 38.8 Å². The number of nitrogens with two attached hydrogens (primary N) is 2. The van der Waals surface area contributed by atoms with Crippen LogP contribution in [-0.4, -0.2) is 10.2 Å². The molecule has 0 saturated heterocycles. The first-order valence-electron chi connectivity index (χ1n) is 10.0. The van der Waals surface area contributed by atoms with Gasteiger partial charge in [-0.3, -0.25) is 0 Å². The second-order valence-electron chi connectivity index (χ2n) is 7.55. The Bertz CT molecular complexity index is 746. The molecular formula is C23H34N2O2. The maximum absolute atomic E-state index is 10.4. The molecule has 2 aromatic rings. The molecule has 0 fully saturated rings. The van der Waals surface area contributed by atoms with Gasteiger partial charge < -0.3 is 21.7 Å². The molecule has 0 atom stereocenters. The highest BCUT2D eigenvalue weighted by molar-refractivity contribution is 5.67. The molecule has 0 aromatic heterocycles. The number of hydrogen-bond acceptors (Lipinski definition) is 4. The summed E-state index contributed by atoms with van der Waals surface area (Å²) in [6.45, 7) is 8.17. The first kappa shape index (κ1) is 20.9. The van der Waals surface area contributed by atoms with Gasteiger partial charge in [0.15, 0.2) is 0 Å². The zero-order valence-electron chi connectivity index (χ0n) is 17.2. The van der Waals surface area contributed by atoms with E-state index in [0.29, 0.717) is 17.8 Å². The molecule has 0 radical (unpaired) electrons. The maximum Gasteiger partial charge on any atom is 0.141 e. The van der Waals surface area contributed by atoms with Crippen LogP contribution in [0.25, 0.3) is 0 Å². The van der Waals surface area contributed by atoms with E-state index in [2.05, 4.69) is 26.0 Å². The Kier molecular flexibility index (Phi) is 7.00. The first-order valence-corrected chi connectivity index (χ1v) is 10.0. The highest BCUT2D eigenvalue weighted by atomic mass is 16.3. The Balaban J connectivity index is 2.47. The normalized spacial score (nSPS) is 11.1. The quantitative estimate of drug-likeness (QED) is 0.382. The predicted molar refractivity (Wildman–Crippen MR) is 115 cm³/mol. The summed E-state index contributed by atoms with van der Waals surface area (Å²) in [5.41, 5.74) is 19.1. The van der Waals surface area contributed by atoms with Crippen LogP contribution in [0.15, 0.2) is 12.1 Å². The van der Waals surface area contributed by atoms with Crippen LogP contribution in [0.3, 0.4) is 0 Å². The van der Waals surface area contributed by atoms with E-state index in [1.165, 1.54) is 0 Å². The number of hydrogen-bond donors (Lipinski definition) is 4. The summed E-state index contributed by atoms with van der Waals surface area (Å²) < 4.78 is 0. The Morgan fingerprint density at radius 3 is 1.41 bits per heavy atom. The van der Waals surface area contributed by atoms with Crippen LogP contribution in [0.2, 0.25) is 0 Å². The van der Waals surface area contributed by atoms with Crippen LogP contribution in [0, 0.1) is 13.8 Å². The average Bonchev–Trinajstić information content (AvgIpc) is 2.66. The average molecular weight is 371 g/mol. The zero-order valence-corrected chi connectivity index (χ0v) is 17.2. The number of phenols is 2. The smallest absolute Gasteiger partial charge is 0.141 e. The molecule has 0 aliphatic heterocycles. The number of aromatic hydroxyl groups is 2. The predicted octanol–water partition coefficient (Wildman–Crippen LogP) is 5.16. The minimum atomic E-state index is 0.218. The van der Waals surface area contributed by atoms with Crippen LogP contribution in [0.4, 0.5) is 11.4 Å². The van der Waals surface area contributed by atoms with Gasteiger partial charge in [0.1, 0.15) is 11.5 Å². The summed E-state index contributed by atoms with van der Waals surface area (Å²) in [5, 5.41) is 20.8. The van der Waals surface area contributed by atoms with Crippen molar-refractivity contribution in [2.24, 2.45) is 0 Å². The fourth-order valence-electron chi connectivity index (χ4n) is 3.51. The van der Waals surface area contributed by atoms with Gasteiger partial charge >= 0.3 is 0 Å². The Morgan fingerprint density at radius 2 is 1.07 bits per heavy atom. The third-order valence-corrected chi connectivity index (χ3v) is 5.57. The standard InChI is InChI=1S/C23H34N2O2/c1-5-7-9-16-11-18(14(3)20(24)22(16)26)13-19-12-17(10-8-6-2)23(27)21(25)15(19)4/h11-12,26-27H,5-10,13,24-25H2,1-4H3. The van der Waals surface area contributed by atoms with Crippen molar-refractivity contribution in [3.63, 3.8) is 0 Å². The molecule has 0 aliphatic carbocycles. The van der Waals surface area contributed by atoms with E-state index < -0.39 is 0 Å². The number of nitrogen functional groups attached to an aromatic ring is 2. The van der Waals surface area contributed by atoms with Crippen LogP contribution >= 0.6 is 0 Å². The van der Waals surface area contributed by atoms with E-state index in [0.717, 1.165) is 71.9 Å². The van der Waals surface area contributed by atoms with Crippen molar-refractivity contribution < 1.29 is 10.2 Å². The number of benzene rings is 2. The Hall–Kier alpha value is -2.36. The molecule has 2 aromatic carbocycles. The molecule has 0 unspecified atom stereocenters. The van der Waals surface area contributed by atoms with E-state index in [1.807, 2.05) is 13.8 Å². The third-order valence-electron chi connectivity index (χ3n) is 5.57. The number of phenolic OH excluding ortho intramolecular Hbond substituents is 2. The van der Waals surface area contributed by atoms with Gasteiger partial charge in [0.25, 0.3) is 0 Å². The molecule has 0 bridgehead atoms. The zero-order chi connectivity index (χ0) is 20.1. The maximum atomic E-state index is 10.4. The van der Waals surface area contributed by atoms with E-state index in [-0.39, 0.29) is 11.5 Å². The highest BCUT2D eigenvalue weighted by Crippen LogP contribution is 2.36. The molecule has 148 valence electrons. The highest BCUT2D eigenvalue weighted by Gasteiger charge is 2.17. The SMILES string of the molecule is CCCCc1cc(Cc2cc(CCCC)c(O)c(N)c2C)c(C)c(N)c1O. The first-order chi connectivity index (χ1) is 12.8. The molecule has 4 heteroatoms. The number of rotatable bonds is 8. The summed E-state index contributed by atoms with van der Waals surface area (Å²) in [6, 6.07) is 4.15. The lowest BCUT2D eigenvalue weighted by Crippen LogP contribution is -2.05. The fourth-order valence-corrected chi connectivity index (χ4v) is 3.51. The molecule has 6 N–H and O–H groups in total. The molecule has 4 nitrogen and oxygen atoms in total. The lowest BCUT2D eigenvalue weighted by Gasteiger charge is -2.18. The van der Waals surface area contributed by atoms with Gasteiger partial charge in [0.2, 0.25) is 0 Å². The summed E-state index contributed by atoms with van der Waals surface area (Å²) in [7, 11) is 0. The molecular weight excluding hydrogens is 336 g/mol. The van der Waals surface area contributed by atoms with Gasteiger partial charge in [-0.2, -0.15) is 0 Å². The number of aryl methyl sites for hydroxylation is 2. The van der Waals surface area contributed by atoms with E-state index in [1.54, 1.807) is 0 Å². The van der Waals surface area contributed by atoms with Crippen molar-refractivity contribution in [3.05, 3.63) is 45.5 Å². The van der Waals surface area contributed by atoms with Crippen LogP contribution in [0.1, 0.15) is 72.9 Å². The van der Waals surface area contributed by atoms with Crippen molar-refractivity contribution in [3.8, 4) is 11.5 Å². The molecule has 0 amide bonds. The summed E-state index contributed by atoms with van der Waals surface area (Å²) in [5.74, 6) is 0.436. The topological polar surface area (TPSA) is 92.5 Å². The van der Waals surface area contributed by atoms with Crippen LogP contribution < -0.4 is 11.5 Å². The second kappa shape index (κ2) is 9.03. The van der Waals surface area contributed by atoms with Gasteiger partial charge in [-0.05, 0) is 79.3 Å². The van der Waals surface area contributed by atoms with Gasteiger partial charge in [0.05, 0.1) is 11.4 Å².